The third-order valence-corrected chi connectivity index (χ3v) is 2.23. The van der Waals surface area contributed by atoms with E-state index in [-0.39, 0.29) is 17.7 Å². The Labute approximate surface area is 93.2 Å². The molecule has 0 aromatic heterocycles. The average Bonchev–Trinajstić information content (AvgIpc) is 2.16. The van der Waals surface area contributed by atoms with Gasteiger partial charge in [0.1, 0.15) is 0 Å². The van der Waals surface area contributed by atoms with E-state index in [0.717, 1.165) is 0 Å². The summed E-state index contributed by atoms with van der Waals surface area (Å²) in [6.45, 7) is 5.16. The van der Waals surface area contributed by atoms with Gasteiger partial charge in [0.05, 0.1) is 12.2 Å². The van der Waals surface area contributed by atoms with Crippen LogP contribution >= 0.6 is 0 Å². The van der Waals surface area contributed by atoms with Gasteiger partial charge in [0, 0.05) is 5.56 Å². The van der Waals surface area contributed by atoms with Gasteiger partial charge in [-0.2, -0.15) is 0 Å². The minimum atomic E-state index is -2.67. The Morgan fingerprint density at radius 3 is 2.50 bits per heavy atom. The van der Waals surface area contributed by atoms with E-state index in [1.165, 1.54) is 6.07 Å². The summed E-state index contributed by atoms with van der Waals surface area (Å²) >= 11 is 0. The van der Waals surface area contributed by atoms with E-state index >= 15 is 0 Å². The monoisotopic (exact) mass is 228 g/mol. The molecule has 0 aliphatic rings. The number of carbonyl (C=O) groups excluding carboxylic acids is 1. The molecule has 0 spiro atoms. The summed E-state index contributed by atoms with van der Waals surface area (Å²) in [6, 6.07) is 3.02. The second-order valence-corrected chi connectivity index (χ2v) is 3.57. The summed E-state index contributed by atoms with van der Waals surface area (Å²) < 4.78 is 30.3. The molecular formula is C12H14F2O2. The van der Waals surface area contributed by atoms with Gasteiger partial charge in [-0.25, -0.2) is 13.6 Å². The second-order valence-electron chi connectivity index (χ2n) is 3.57. The fourth-order valence-corrected chi connectivity index (χ4v) is 1.65. The van der Waals surface area contributed by atoms with Gasteiger partial charge >= 0.3 is 5.97 Å². The van der Waals surface area contributed by atoms with E-state index in [0.29, 0.717) is 11.1 Å². The highest BCUT2D eigenvalue weighted by Crippen LogP contribution is 2.27. The van der Waals surface area contributed by atoms with Crippen molar-refractivity contribution in [1.29, 1.82) is 0 Å². The second kappa shape index (κ2) is 5.05. The zero-order chi connectivity index (χ0) is 12.3. The first-order valence-electron chi connectivity index (χ1n) is 5.03. The summed E-state index contributed by atoms with van der Waals surface area (Å²) in [5.74, 6) is -0.685. The molecule has 2 nitrogen and oxygen atoms in total. The smallest absolute Gasteiger partial charge is 0.338 e. The number of benzene rings is 1. The maximum absolute atomic E-state index is 12.8. The number of hydrogen-bond acceptors (Lipinski definition) is 2. The topological polar surface area (TPSA) is 26.3 Å². The van der Waals surface area contributed by atoms with Gasteiger partial charge in [0.2, 0.25) is 0 Å². The molecule has 0 bridgehead atoms. The highest BCUT2D eigenvalue weighted by Gasteiger charge is 2.21. The van der Waals surface area contributed by atoms with Crippen LogP contribution in [0.15, 0.2) is 12.1 Å². The summed E-state index contributed by atoms with van der Waals surface area (Å²) in [4.78, 5) is 11.5. The maximum atomic E-state index is 12.8. The molecule has 1 aromatic carbocycles. The first-order chi connectivity index (χ1) is 7.47. The van der Waals surface area contributed by atoms with Crippen LogP contribution in [0, 0.1) is 13.8 Å². The third-order valence-electron chi connectivity index (χ3n) is 2.23. The lowest BCUT2D eigenvalue weighted by Crippen LogP contribution is -2.11. The summed E-state index contributed by atoms with van der Waals surface area (Å²) in [6.07, 6.45) is -2.67. The van der Waals surface area contributed by atoms with Gasteiger partial charge in [-0.15, -0.1) is 0 Å². The lowest BCUT2D eigenvalue weighted by molar-refractivity contribution is 0.0514. The van der Waals surface area contributed by atoms with E-state index in [1.807, 2.05) is 0 Å². The van der Waals surface area contributed by atoms with E-state index in [2.05, 4.69) is 0 Å². The molecule has 0 saturated carbocycles. The highest BCUT2D eigenvalue weighted by atomic mass is 19.3. The van der Waals surface area contributed by atoms with E-state index in [1.54, 1.807) is 26.8 Å². The van der Waals surface area contributed by atoms with Crippen LogP contribution in [-0.2, 0) is 4.74 Å². The number of carbonyl (C=O) groups is 1. The molecule has 0 aliphatic heterocycles. The Hall–Kier alpha value is -1.45. The van der Waals surface area contributed by atoms with Crippen molar-refractivity contribution in [3.05, 3.63) is 34.4 Å². The van der Waals surface area contributed by atoms with Gasteiger partial charge in [0.15, 0.2) is 0 Å². The number of aryl methyl sites for hydroxylation is 2. The average molecular weight is 228 g/mol. The molecule has 0 unspecified atom stereocenters. The van der Waals surface area contributed by atoms with Gasteiger partial charge in [-0.1, -0.05) is 11.6 Å². The molecule has 0 heterocycles. The predicted octanol–water partition coefficient (Wildman–Crippen LogP) is 3.42. The molecule has 0 aliphatic carbocycles. The predicted molar refractivity (Wildman–Crippen MR) is 56.8 cm³/mol. The number of halogens is 2. The summed E-state index contributed by atoms with van der Waals surface area (Å²) in [7, 11) is 0. The van der Waals surface area contributed by atoms with E-state index < -0.39 is 12.4 Å². The first-order valence-corrected chi connectivity index (χ1v) is 5.03. The SMILES string of the molecule is CCOC(=O)c1c(C)cc(C)cc1C(F)F. The summed E-state index contributed by atoms with van der Waals surface area (Å²) in [5.41, 5.74) is 0.966. The Bertz CT molecular complexity index is 400. The van der Waals surface area contributed by atoms with Crippen molar-refractivity contribution in [1.82, 2.24) is 0 Å². The van der Waals surface area contributed by atoms with Gasteiger partial charge < -0.3 is 4.74 Å². The molecule has 0 atom stereocenters. The van der Waals surface area contributed by atoms with Crippen LogP contribution in [-0.4, -0.2) is 12.6 Å². The minimum absolute atomic E-state index is 0.0116. The first kappa shape index (κ1) is 12.6. The number of ether oxygens (including phenoxy) is 1. The molecule has 0 radical (unpaired) electrons. The fraction of sp³-hybridized carbons (Fsp3) is 0.417. The fourth-order valence-electron chi connectivity index (χ4n) is 1.65. The molecular weight excluding hydrogens is 214 g/mol. The Balaban J connectivity index is 3.29. The van der Waals surface area contributed by atoms with Crippen LogP contribution in [0.4, 0.5) is 8.78 Å². The summed E-state index contributed by atoms with van der Waals surface area (Å²) in [5, 5.41) is 0. The van der Waals surface area contributed by atoms with Crippen molar-refractivity contribution < 1.29 is 18.3 Å². The molecule has 0 amide bonds. The lowest BCUT2D eigenvalue weighted by atomic mass is 9.99. The van der Waals surface area contributed by atoms with Gasteiger partial charge in [-0.05, 0) is 32.4 Å². The molecule has 0 fully saturated rings. The van der Waals surface area contributed by atoms with Crippen molar-refractivity contribution in [2.45, 2.75) is 27.2 Å². The van der Waals surface area contributed by atoms with Crippen LogP contribution in [0.1, 0.15) is 40.4 Å². The van der Waals surface area contributed by atoms with Crippen LogP contribution in [0.3, 0.4) is 0 Å². The maximum Gasteiger partial charge on any atom is 0.338 e. The largest absolute Gasteiger partial charge is 0.462 e. The van der Waals surface area contributed by atoms with Crippen LogP contribution < -0.4 is 0 Å². The van der Waals surface area contributed by atoms with E-state index in [9.17, 15) is 13.6 Å². The minimum Gasteiger partial charge on any atom is -0.462 e. The van der Waals surface area contributed by atoms with Crippen molar-refractivity contribution in [2.75, 3.05) is 6.61 Å². The zero-order valence-electron chi connectivity index (χ0n) is 9.51. The Morgan fingerprint density at radius 1 is 1.38 bits per heavy atom. The quantitative estimate of drug-likeness (QED) is 0.741. The molecule has 0 saturated heterocycles. The molecule has 4 heteroatoms. The Kier molecular flexibility index (Phi) is 3.99. The molecule has 1 aromatic rings. The number of hydrogen-bond donors (Lipinski definition) is 0. The molecule has 1 rings (SSSR count). The molecule has 0 N–H and O–H groups in total. The van der Waals surface area contributed by atoms with Crippen molar-refractivity contribution >= 4 is 5.97 Å². The van der Waals surface area contributed by atoms with Gasteiger partial charge in [-0.3, -0.25) is 0 Å². The number of alkyl halides is 2. The highest BCUT2D eigenvalue weighted by molar-refractivity contribution is 5.93. The van der Waals surface area contributed by atoms with Gasteiger partial charge in [0.25, 0.3) is 6.43 Å². The van der Waals surface area contributed by atoms with E-state index in [4.69, 9.17) is 4.74 Å². The Morgan fingerprint density at radius 2 is 2.00 bits per heavy atom. The van der Waals surface area contributed by atoms with Crippen LogP contribution in [0.25, 0.3) is 0 Å². The zero-order valence-corrected chi connectivity index (χ0v) is 9.51. The van der Waals surface area contributed by atoms with Crippen LogP contribution in [0.2, 0.25) is 0 Å². The number of esters is 1. The normalized spacial score (nSPS) is 10.6. The molecule has 88 valence electrons. The number of rotatable bonds is 3. The third kappa shape index (κ3) is 2.56. The van der Waals surface area contributed by atoms with Crippen molar-refractivity contribution in [3.8, 4) is 0 Å². The van der Waals surface area contributed by atoms with Crippen molar-refractivity contribution in [2.24, 2.45) is 0 Å². The molecule has 16 heavy (non-hydrogen) atoms. The lowest BCUT2D eigenvalue weighted by Gasteiger charge is -2.12. The van der Waals surface area contributed by atoms with Crippen molar-refractivity contribution in [3.63, 3.8) is 0 Å². The van der Waals surface area contributed by atoms with Crippen LogP contribution in [0.5, 0.6) is 0 Å². The standard InChI is InChI=1S/C12H14F2O2/c1-4-16-12(15)10-8(3)5-7(2)6-9(10)11(13)14/h5-6,11H,4H2,1-3H3.